The lowest BCUT2D eigenvalue weighted by Crippen LogP contribution is -2.25. The Kier molecular flexibility index (Phi) is 6.20. The number of rotatable bonds is 8. The fraction of sp³-hybridized carbons (Fsp3) is 0.286. The number of hydrogen-bond donors (Lipinski definition) is 1. The summed E-state index contributed by atoms with van der Waals surface area (Å²) in [6.07, 6.45) is 1.48. The van der Waals surface area contributed by atoms with Gasteiger partial charge in [0.05, 0.1) is 7.11 Å². The first-order chi connectivity index (χ1) is 13.1. The fourth-order valence-corrected chi connectivity index (χ4v) is 2.65. The number of nitrogens with zero attached hydrogens (tertiary/aromatic N) is 2. The van der Waals surface area contributed by atoms with Crippen LogP contribution in [0.15, 0.2) is 52.9 Å². The maximum absolute atomic E-state index is 12.0. The van der Waals surface area contributed by atoms with Gasteiger partial charge in [0, 0.05) is 24.9 Å². The highest BCUT2D eigenvalue weighted by Crippen LogP contribution is 2.18. The smallest absolute Gasteiger partial charge is 0.247 e. The molecule has 0 unspecified atom stereocenters. The summed E-state index contributed by atoms with van der Waals surface area (Å²) in [7, 11) is 1.64. The van der Waals surface area contributed by atoms with Crippen molar-refractivity contribution >= 4 is 5.91 Å². The summed E-state index contributed by atoms with van der Waals surface area (Å²) in [6.45, 7) is 2.60. The molecule has 0 bridgehead atoms. The fourth-order valence-electron chi connectivity index (χ4n) is 2.65. The molecule has 1 amide bonds. The molecule has 0 saturated carbocycles. The van der Waals surface area contributed by atoms with Crippen LogP contribution in [-0.2, 0) is 17.6 Å². The normalized spacial score (nSPS) is 10.6. The molecule has 3 aromatic rings. The van der Waals surface area contributed by atoms with Gasteiger partial charge in [-0.15, -0.1) is 10.2 Å². The molecule has 140 valence electrons. The lowest BCUT2D eigenvalue weighted by Gasteiger charge is -2.06. The quantitative estimate of drug-likeness (QED) is 0.662. The number of hydrogen-bond acceptors (Lipinski definition) is 5. The van der Waals surface area contributed by atoms with Crippen LogP contribution in [0, 0.1) is 6.92 Å². The molecular weight excluding hydrogens is 342 g/mol. The third-order valence-electron chi connectivity index (χ3n) is 4.20. The summed E-state index contributed by atoms with van der Waals surface area (Å²) < 4.78 is 10.8. The van der Waals surface area contributed by atoms with Crippen LogP contribution in [0.3, 0.4) is 0 Å². The molecule has 1 aromatic heterocycles. The number of nitrogens with one attached hydrogen (secondary N) is 1. The summed E-state index contributed by atoms with van der Waals surface area (Å²) in [5.41, 5.74) is 3.17. The molecule has 27 heavy (non-hydrogen) atoms. The standard InChI is InChI=1S/C21H23N3O3/c1-15-6-8-17(9-7-15)21-24-23-20(27-21)11-10-19(25)22-13-12-16-4-3-5-18(14-16)26-2/h3-9,14H,10-13H2,1-2H3,(H,22,25). The predicted octanol–water partition coefficient (Wildman–Crippen LogP) is 3.35. The van der Waals surface area contributed by atoms with Gasteiger partial charge in [-0.3, -0.25) is 4.79 Å². The molecule has 6 heteroatoms. The highest BCUT2D eigenvalue weighted by molar-refractivity contribution is 5.76. The Bertz CT molecular complexity index is 888. The zero-order valence-corrected chi connectivity index (χ0v) is 15.6. The van der Waals surface area contributed by atoms with Crippen molar-refractivity contribution in [3.05, 3.63) is 65.5 Å². The minimum absolute atomic E-state index is 0.0343. The van der Waals surface area contributed by atoms with Crippen molar-refractivity contribution in [3.63, 3.8) is 0 Å². The largest absolute Gasteiger partial charge is 0.497 e. The maximum Gasteiger partial charge on any atom is 0.247 e. The number of benzene rings is 2. The SMILES string of the molecule is COc1cccc(CCNC(=O)CCc2nnc(-c3ccc(C)cc3)o2)c1. The molecule has 6 nitrogen and oxygen atoms in total. The van der Waals surface area contributed by atoms with Crippen LogP contribution >= 0.6 is 0 Å². The van der Waals surface area contributed by atoms with Crippen molar-refractivity contribution in [1.29, 1.82) is 0 Å². The molecule has 3 rings (SSSR count). The Morgan fingerprint density at radius 1 is 1.11 bits per heavy atom. The van der Waals surface area contributed by atoms with E-state index < -0.39 is 0 Å². The van der Waals surface area contributed by atoms with Gasteiger partial charge in [-0.25, -0.2) is 0 Å². The van der Waals surface area contributed by atoms with Crippen LogP contribution in [-0.4, -0.2) is 29.8 Å². The van der Waals surface area contributed by atoms with Crippen molar-refractivity contribution < 1.29 is 13.9 Å². The van der Waals surface area contributed by atoms with E-state index in [1.165, 1.54) is 5.56 Å². The summed E-state index contributed by atoms with van der Waals surface area (Å²) in [4.78, 5) is 12.0. The average molecular weight is 365 g/mol. The number of methoxy groups -OCH3 is 1. The monoisotopic (exact) mass is 365 g/mol. The molecule has 0 spiro atoms. The molecule has 0 aliphatic heterocycles. The van der Waals surface area contributed by atoms with E-state index in [-0.39, 0.29) is 5.91 Å². The van der Waals surface area contributed by atoms with E-state index in [0.29, 0.717) is 31.2 Å². The first-order valence-electron chi connectivity index (χ1n) is 8.93. The van der Waals surface area contributed by atoms with Crippen molar-refractivity contribution in [2.45, 2.75) is 26.2 Å². The number of carbonyl (C=O) groups is 1. The minimum Gasteiger partial charge on any atom is -0.497 e. The number of aryl methyl sites for hydroxylation is 2. The van der Waals surface area contributed by atoms with Crippen LogP contribution in [0.2, 0.25) is 0 Å². The van der Waals surface area contributed by atoms with Gasteiger partial charge in [0.15, 0.2) is 0 Å². The molecule has 0 radical (unpaired) electrons. The molecule has 1 N–H and O–H groups in total. The molecule has 0 aliphatic carbocycles. The Balaban J connectivity index is 1.43. The van der Waals surface area contributed by atoms with Crippen LogP contribution in [0.25, 0.3) is 11.5 Å². The zero-order chi connectivity index (χ0) is 19.1. The number of carbonyl (C=O) groups excluding carboxylic acids is 1. The third kappa shape index (κ3) is 5.41. The third-order valence-corrected chi connectivity index (χ3v) is 4.20. The second-order valence-corrected chi connectivity index (χ2v) is 6.32. The molecule has 0 saturated heterocycles. The average Bonchev–Trinajstić information content (AvgIpc) is 3.16. The summed E-state index contributed by atoms with van der Waals surface area (Å²) in [5, 5.41) is 11.0. The molecule has 2 aromatic carbocycles. The Morgan fingerprint density at radius 3 is 2.70 bits per heavy atom. The topological polar surface area (TPSA) is 77.2 Å². The Hall–Kier alpha value is -3.15. The first kappa shape index (κ1) is 18.6. The summed E-state index contributed by atoms with van der Waals surface area (Å²) >= 11 is 0. The highest BCUT2D eigenvalue weighted by atomic mass is 16.5. The second kappa shape index (κ2) is 8.98. The predicted molar refractivity (Wildman–Crippen MR) is 102 cm³/mol. The van der Waals surface area contributed by atoms with Crippen molar-refractivity contribution in [2.24, 2.45) is 0 Å². The summed E-state index contributed by atoms with van der Waals surface area (Å²) in [6, 6.07) is 15.7. The van der Waals surface area contributed by atoms with E-state index in [2.05, 4.69) is 15.5 Å². The molecule has 0 atom stereocenters. The molecular formula is C21H23N3O3. The van der Waals surface area contributed by atoms with Crippen LogP contribution in [0.1, 0.15) is 23.4 Å². The second-order valence-electron chi connectivity index (χ2n) is 6.32. The van der Waals surface area contributed by atoms with E-state index in [1.54, 1.807) is 7.11 Å². The molecule has 0 aliphatic rings. The molecule has 0 fully saturated rings. The van der Waals surface area contributed by atoms with Gasteiger partial charge < -0.3 is 14.5 Å². The van der Waals surface area contributed by atoms with E-state index in [0.717, 1.165) is 23.3 Å². The Labute approximate surface area is 158 Å². The van der Waals surface area contributed by atoms with Gasteiger partial charge in [-0.2, -0.15) is 0 Å². The van der Waals surface area contributed by atoms with Gasteiger partial charge in [-0.1, -0.05) is 29.8 Å². The van der Waals surface area contributed by atoms with Gasteiger partial charge in [0.2, 0.25) is 17.7 Å². The van der Waals surface area contributed by atoms with Crippen LogP contribution in [0.5, 0.6) is 5.75 Å². The Morgan fingerprint density at radius 2 is 1.93 bits per heavy atom. The minimum atomic E-state index is -0.0343. The van der Waals surface area contributed by atoms with Crippen molar-refractivity contribution in [2.75, 3.05) is 13.7 Å². The number of aromatic nitrogens is 2. The van der Waals surface area contributed by atoms with E-state index >= 15 is 0 Å². The van der Waals surface area contributed by atoms with Crippen molar-refractivity contribution in [3.8, 4) is 17.2 Å². The number of amides is 1. The number of ether oxygens (including phenoxy) is 1. The zero-order valence-electron chi connectivity index (χ0n) is 15.6. The van der Waals surface area contributed by atoms with E-state index in [1.807, 2.05) is 55.5 Å². The summed E-state index contributed by atoms with van der Waals surface area (Å²) in [5.74, 6) is 1.73. The van der Waals surface area contributed by atoms with Gasteiger partial charge >= 0.3 is 0 Å². The van der Waals surface area contributed by atoms with E-state index in [4.69, 9.17) is 9.15 Å². The lowest BCUT2D eigenvalue weighted by atomic mass is 10.1. The van der Waals surface area contributed by atoms with Crippen LogP contribution < -0.4 is 10.1 Å². The van der Waals surface area contributed by atoms with Crippen molar-refractivity contribution in [1.82, 2.24) is 15.5 Å². The van der Waals surface area contributed by atoms with E-state index in [9.17, 15) is 4.79 Å². The maximum atomic E-state index is 12.0. The highest BCUT2D eigenvalue weighted by Gasteiger charge is 2.10. The molecule has 1 heterocycles. The lowest BCUT2D eigenvalue weighted by molar-refractivity contribution is -0.121. The van der Waals surface area contributed by atoms with Gasteiger partial charge in [0.25, 0.3) is 0 Å². The van der Waals surface area contributed by atoms with Gasteiger partial charge in [0.1, 0.15) is 5.75 Å². The van der Waals surface area contributed by atoms with Gasteiger partial charge in [-0.05, 0) is 43.2 Å². The van der Waals surface area contributed by atoms with Crippen LogP contribution in [0.4, 0.5) is 0 Å². The first-order valence-corrected chi connectivity index (χ1v) is 8.93.